The van der Waals surface area contributed by atoms with Crippen molar-refractivity contribution in [3.63, 3.8) is 0 Å². The van der Waals surface area contributed by atoms with Gasteiger partial charge < -0.3 is 10.1 Å². The lowest BCUT2D eigenvalue weighted by Crippen LogP contribution is -2.28. The van der Waals surface area contributed by atoms with Crippen molar-refractivity contribution in [3.8, 4) is 5.75 Å². The molecule has 1 amide bonds. The van der Waals surface area contributed by atoms with Crippen LogP contribution < -0.4 is 10.1 Å². The Labute approximate surface area is 157 Å². The van der Waals surface area contributed by atoms with E-state index >= 15 is 0 Å². The van der Waals surface area contributed by atoms with Crippen LogP contribution in [-0.4, -0.2) is 12.5 Å². The fourth-order valence-corrected chi connectivity index (χ4v) is 2.85. The van der Waals surface area contributed by atoms with E-state index in [4.69, 9.17) is 4.74 Å². The SMILES string of the molecule is CCc1ccc(CC)c(CNC(=O)COc2ccc(C(C)(C)C)cc2)c1. The second kappa shape index (κ2) is 8.88. The van der Waals surface area contributed by atoms with Gasteiger partial charge in [-0.1, -0.05) is 65.0 Å². The minimum absolute atomic E-state index is 0.0315. The van der Waals surface area contributed by atoms with Crippen LogP contribution in [0.15, 0.2) is 42.5 Å². The highest BCUT2D eigenvalue weighted by molar-refractivity contribution is 5.77. The van der Waals surface area contributed by atoms with E-state index in [-0.39, 0.29) is 17.9 Å². The standard InChI is InChI=1S/C23H31NO2/c1-6-17-8-9-18(7-2)19(14-17)15-24-22(25)16-26-21-12-10-20(11-13-21)23(3,4)5/h8-14H,6-7,15-16H2,1-5H3,(H,24,25). The van der Waals surface area contributed by atoms with Crippen molar-refractivity contribution in [1.29, 1.82) is 0 Å². The Bertz CT molecular complexity index is 727. The van der Waals surface area contributed by atoms with E-state index in [1.807, 2.05) is 12.1 Å². The number of aryl methyl sites for hydroxylation is 2. The molecule has 0 aliphatic carbocycles. The van der Waals surface area contributed by atoms with Crippen LogP contribution in [0.4, 0.5) is 0 Å². The predicted octanol–water partition coefficient (Wildman–Crippen LogP) is 4.80. The van der Waals surface area contributed by atoms with Crippen molar-refractivity contribution in [2.45, 2.75) is 59.4 Å². The highest BCUT2D eigenvalue weighted by Gasteiger charge is 2.13. The summed E-state index contributed by atoms with van der Waals surface area (Å²) in [5.74, 6) is 0.615. The minimum atomic E-state index is -0.103. The molecular formula is C23H31NO2. The summed E-state index contributed by atoms with van der Waals surface area (Å²) in [6.45, 7) is 11.4. The van der Waals surface area contributed by atoms with Crippen LogP contribution in [0.3, 0.4) is 0 Å². The van der Waals surface area contributed by atoms with Gasteiger partial charge in [0.25, 0.3) is 5.91 Å². The third-order valence-corrected chi connectivity index (χ3v) is 4.63. The molecule has 0 spiro atoms. The molecule has 0 aliphatic heterocycles. The molecule has 0 saturated heterocycles. The van der Waals surface area contributed by atoms with Crippen LogP contribution in [0.25, 0.3) is 0 Å². The third-order valence-electron chi connectivity index (χ3n) is 4.63. The van der Waals surface area contributed by atoms with Crippen molar-refractivity contribution >= 4 is 5.91 Å². The van der Waals surface area contributed by atoms with Gasteiger partial charge in [-0.2, -0.15) is 0 Å². The zero-order valence-electron chi connectivity index (χ0n) is 16.7. The summed E-state index contributed by atoms with van der Waals surface area (Å²) in [6, 6.07) is 14.5. The smallest absolute Gasteiger partial charge is 0.258 e. The number of hydrogen-bond acceptors (Lipinski definition) is 2. The Hall–Kier alpha value is -2.29. The normalized spacial score (nSPS) is 11.3. The molecule has 0 radical (unpaired) electrons. The van der Waals surface area contributed by atoms with E-state index in [1.54, 1.807) is 0 Å². The zero-order chi connectivity index (χ0) is 19.2. The Morgan fingerprint density at radius 2 is 1.65 bits per heavy atom. The second-order valence-electron chi connectivity index (χ2n) is 7.65. The van der Waals surface area contributed by atoms with Crippen LogP contribution in [0.2, 0.25) is 0 Å². The van der Waals surface area contributed by atoms with E-state index in [0.717, 1.165) is 18.6 Å². The highest BCUT2D eigenvalue weighted by Crippen LogP contribution is 2.24. The number of hydrogen-bond donors (Lipinski definition) is 1. The average molecular weight is 354 g/mol. The molecule has 1 N–H and O–H groups in total. The van der Waals surface area contributed by atoms with Crippen molar-refractivity contribution in [2.24, 2.45) is 0 Å². The van der Waals surface area contributed by atoms with Crippen LogP contribution >= 0.6 is 0 Å². The number of amides is 1. The molecule has 2 rings (SSSR count). The minimum Gasteiger partial charge on any atom is -0.484 e. The molecule has 0 fully saturated rings. The van der Waals surface area contributed by atoms with Crippen LogP contribution in [0.5, 0.6) is 5.75 Å². The molecule has 3 heteroatoms. The summed E-state index contributed by atoms with van der Waals surface area (Å²) in [6.07, 6.45) is 1.96. The molecule has 0 heterocycles. The van der Waals surface area contributed by atoms with Gasteiger partial charge in [-0.25, -0.2) is 0 Å². The Kier molecular flexibility index (Phi) is 6.84. The molecule has 2 aromatic rings. The van der Waals surface area contributed by atoms with E-state index in [9.17, 15) is 4.79 Å². The maximum Gasteiger partial charge on any atom is 0.258 e. The highest BCUT2D eigenvalue weighted by atomic mass is 16.5. The first-order chi connectivity index (χ1) is 12.3. The largest absolute Gasteiger partial charge is 0.484 e. The number of nitrogens with one attached hydrogen (secondary N) is 1. The molecule has 3 nitrogen and oxygen atoms in total. The Morgan fingerprint density at radius 1 is 0.962 bits per heavy atom. The van der Waals surface area contributed by atoms with Crippen LogP contribution in [0.1, 0.15) is 56.9 Å². The Morgan fingerprint density at radius 3 is 2.23 bits per heavy atom. The molecule has 140 valence electrons. The average Bonchev–Trinajstić information content (AvgIpc) is 2.64. The first-order valence-corrected chi connectivity index (χ1v) is 9.44. The first-order valence-electron chi connectivity index (χ1n) is 9.44. The van der Waals surface area contributed by atoms with Gasteiger partial charge in [0.15, 0.2) is 6.61 Å². The number of benzene rings is 2. The fourth-order valence-electron chi connectivity index (χ4n) is 2.85. The van der Waals surface area contributed by atoms with Crippen molar-refractivity contribution in [3.05, 3.63) is 64.7 Å². The third kappa shape index (κ3) is 5.62. The summed E-state index contributed by atoms with van der Waals surface area (Å²) in [4.78, 5) is 12.1. The summed E-state index contributed by atoms with van der Waals surface area (Å²) >= 11 is 0. The van der Waals surface area contributed by atoms with Gasteiger partial charge in [0.2, 0.25) is 0 Å². The number of ether oxygens (including phenoxy) is 1. The molecule has 2 aromatic carbocycles. The molecule has 0 saturated carbocycles. The second-order valence-corrected chi connectivity index (χ2v) is 7.65. The summed E-state index contributed by atoms with van der Waals surface area (Å²) < 4.78 is 5.61. The first kappa shape index (κ1) is 20.0. The van der Waals surface area contributed by atoms with E-state index in [2.05, 4.69) is 70.3 Å². The van der Waals surface area contributed by atoms with E-state index in [1.165, 1.54) is 22.3 Å². The summed E-state index contributed by atoms with van der Waals surface area (Å²) in [5, 5.41) is 2.97. The molecular weight excluding hydrogens is 322 g/mol. The molecule has 0 atom stereocenters. The van der Waals surface area contributed by atoms with Crippen molar-refractivity contribution in [1.82, 2.24) is 5.32 Å². The maximum absolute atomic E-state index is 12.1. The van der Waals surface area contributed by atoms with Gasteiger partial charge in [0, 0.05) is 6.54 Å². The maximum atomic E-state index is 12.1. The van der Waals surface area contributed by atoms with Crippen molar-refractivity contribution in [2.75, 3.05) is 6.61 Å². The van der Waals surface area contributed by atoms with Crippen LogP contribution in [-0.2, 0) is 29.6 Å². The Balaban J connectivity index is 1.88. The lowest BCUT2D eigenvalue weighted by Gasteiger charge is -2.19. The number of rotatable bonds is 7. The fraction of sp³-hybridized carbons (Fsp3) is 0.435. The van der Waals surface area contributed by atoms with Crippen LogP contribution in [0, 0.1) is 0 Å². The lowest BCUT2D eigenvalue weighted by atomic mass is 9.87. The van der Waals surface area contributed by atoms with Gasteiger partial charge in [0.1, 0.15) is 5.75 Å². The topological polar surface area (TPSA) is 38.3 Å². The lowest BCUT2D eigenvalue weighted by molar-refractivity contribution is -0.123. The molecule has 0 aromatic heterocycles. The van der Waals surface area contributed by atoms with Crippen molar-refractivity contribution < 1.29 is 9.53 Å². The summed E-state index contributed by atoms with van der Waals surface area (Å²) in [7, 11) is 0. The summed E-state index contributed by atoms with van der Waals surface area (Å²) in [5.41, 5.74) is 5.12. The van der Waals surface area contributed by atoms with Gasteiger partial charge >= 0.3 is 0 Å². The predicted molar refractivity (Wildman–Crippen MR) is 108 cm³/mol. The molecule has 0 bridgehead atoms. The molecule has 26 heavy (non-hydrogen) atoms. The quantitative estimate of drug-likeness (QED) is 0.776. The monoisotopic (exact) mass is 353 g/mol. The number of carbonyl (C=O) groups excluding carboxylic acids is 1. The molecule has 0 unspecified atom stereocenters. The van der Waals surface area contributed by atoms with E-state index in [0.29, 0.717) is 6.54 Å². The van der Waals surface area contributed by atoms with Gasteiger partial charge in [0.05, 0.1) is 0 Å². The van der Waals surface area contributed by atoms with Gasteiger partial charge in [-0.05, 0) is 52.6 Å². The van der Waals surface area contributed by atoms with Gasteiger partial charge in [-0.15, -0.1) is 0 Å². The molecule has 0 aliphatic rings. The van der Waals surface area contributed by atoms with E-state index < -0.39 is 0 Å². The number of carbonyl (C=O) groups is 1. The van der Waals surface area contributed by atoms with Gasteiger partial charge in [-0.3, -0.25) is 4.79 Å². The zero-order valence-corrected chi connectivity index (χ0v) is 16.7.